The van der Waals surface area contributed by atoms with Crippen molar-refractivity contribution < 1.29 is 18.3 Å². The van der Waals surface area contributed by atoms with Gasteiger partial charge in [0.25, 0.3) is 0 Å². The van der Waals surface area contributed by atoms with Gasteiger partial charge in [0.05, 0.1) is 11.9 Å². The Morgan fingerprint density at radius 3 is 2.58 bits per heavy atom. The predicted molar refractivity (Wildman–Crippen MR) is 104 cm³/mol. The molecule has 0 aliphatic rings. The molecular formula is C16H28N4O4S2. The van der Waals surface area contributed by atoms with Gasteiger partial charge in [-0.1, -0.05) is 6.07 Å². The number of carbonyl (C=O) groups is 1. The molecule has 1 unspecified atom stereocenters. The number of amides is 1. The second-order valence-electron chi connectivity index (χ2n) is 6.74. The number of nitrogens with one attached hydrogen (secondary N) is 3. The Kier molecular flexibility index (Phi) is 8.51. The van der Waals surface area contributed by atoms with Crippen LogP contribution in [-0.2, 0) is 14.6 Å². The van der Waals surface area contributed by atoms with Crippen LogP contribution < -0.4 is 16.0 Å². The molecule has 0 aliphatic heterocycles. The van der Waals surface area contributed by atoms with E-state index < -0.39 is 15.9 Å². The van der Waals surface area contributed by atoms with Crippen molar-refractivity contribution in [3.63, 3.8) is 0 Å². The number of guanidine groups is 1. The number of aliphatic hydroxyl groups is 1. The molecule has 0 aliphatic carbocycles. The number of rotatable bonds is 8. The van der Waals surface area contributed by atoms with Gasteiger partial charge in [0.2, 0.25) is 5.91 Å². The van der Waals surface area contributed by atoms with Crippen molar-refractivity contribution in [2.24, 2.45) is 4.99 Å². The van der Waals surface area contributed by atoms with Crippen LogP contribution in [0.3, 0.4) is 0 Å². The van der Waals surface area contributed by atoms with Crippen molar-refractivity contribution in [2.75, 3.05) is 25.4 Å². The lowest BCUT2D eigenvalue weighted by Gasteiger charge is -2.20. The van der Waals surface area contributed by atoms with E-state index in [1.807, 2.05) is 27.7 Å². The number of aliphatic imine (C=N–C) groups is 1. The fraction of sp³-hybridized carbons (Fsp3) is 0.625. The second kappa shape index (κ2) is 9.89. The molecule has 10 heteroatoms. The third kappa shape index (κ3) is 8.63. The molecule has 4 N–H and O–H groups in total. The summed E-state index contributed by atoms with van der Waals surface area (Å²) in [5.41, 5.74) is -0.343. The molecule has 0 aromatic carbocycles. The molecule has 1 atom stereocenters. The van der Waals surface area contributed by atoms with Crippen molar-refractivity contribution in [2.45, 2.75) is 43.5 Å². The van der Waals surface area contributed by atoms with E-state index in [9.17, 15) is 18.3 Å². The van der Waals surface area contributed by atoms with E-state index in [-0.39, 0.29) is 34.5 Å². The number of aliphatic hydroxyl groups excluding tert-OH is 1. The van der Waals surface area contributed by atoms with E-state index >= 15 is 0 Å². The van der Waals surface area contributed by atoms with Gasteiger partial charge in [-0.05, 0) is 39.1 Å². The van der Waals surface area contributed by atoms with E-state index in [0.29, 0.717) is 12.5 Å². The SMILES string of the molecule is CCNC(=NCC(=O)NC(C)(C)C)NCC(O)CS(=O)(=O)c1cccs1. The molecule has 0 radical (unpaired) electrons. The molecule has 0 fully saturated rings. The fourth-order valence-corrected chi connectivity index (χ4v) is 4.48. The van der Waals surface area contributed by atoms with Crippen molar-refractivity contribution in [3.8, 4) is 0 Å². The molecule has 1 rings (SSSR count). The summed E-state index contributed by atoms with van der Waals surface area (Å²) in [6, 6.07) is 3.17. The lowest BCUT2D eigenvalue weighted by Crippen LogP contribution is -2.45. The minimum atomic E-state index is -3.52. The fourth-order valence-electron chi connectivity index (χ4n) is 2.00. The first kappa shape index (κ1) is 22.4. The average Bonchev–Trinajstić information content (AvgIpc) is 3.03. The van der Waals surface area contributed by atoms with Crippen molar-refractivity contribution in [1.29, 1.82) is 0 Å². The Morgan fingerprint density at radius 1 is 1.35 bits per heavy atom. The van der Waals surface area contributed by atoms with E-state index in [0.717, 1.165) is 11.3 Å². The zero-order valence-corrected chi connectivity index (χ0v) is 17.2. The topological polar surface area (TPSA) is 120 Å². The highest BCUT2D eigenvalue weighted by atomic mass is 32.2. The van der Waals surface area contributed by atoms with Crippen LogP contribution in [0.15, 0.2) is 26.7 Å². The van der Waals surface area contributed by atoms with Crippen LogP contribution in [-0.4, -0.2) is 62.4 Å². The Morgan fingerprint density at radius 2 is 2.04 bits per heavy atom. The molecule has 26 heavy (non-hydrogen) atoms. The largest absolute Gasteiger partial charge is 0.390 e. The van der Waals surface area contributed by atoms with Crippen LogP contribution in [0.5, 0.6) is 0 Å². The van der Waals surface area contributed by atoms with Gasteiger partial charge in [0.1, 0.15) is 10.8 Å². The molecule has 148 valence electrons. The Labute approximate surface area is 159 Å². The van der Waals surface area contributed by atoms with Gasteiger partial charge in [-0.3, -0.25) is 4.79 Å². The highest BCUT2D eigenvalue weighted by Gasteiger charge is 2.21. The van der Waals surface area contributed by atoms with Crippen LogP contribution in [0.1, 0.15) is 27.7 Å². The van der Waals surface area contributed by atoms with Gasteiger partial charge in [0.15, 0.2) is 15.8 Å². The van der Waals surface area contributed by atoms with Crippen LogP contribution in [0.25, 0.3) is 0 Å². The van der Waals surface area contributed by atoms with E-state index in [1.165, 1.54) is 6.07 Å². The van der Waals surface area contributed by atoms with Gasteiger partial charge in [-0.25, -0.2) is 13.4 Å². The Bertz CT molecular complexity index is 694. The Hall–Kier alpha value is -1.65. The van der Waals surface area contributed by atoms with Gasteiger partial charge < -0.3 is 21.1 Å². The predicted octanol–water partition coefficient (Wildman–Crippen LogP) is 0.353. The molecule has 1 aromatic rings. The molecule has 0 spiro atoms. The summed E-state index contributed by atoms with van der Waals surface area (Å²) < 4.78 is 24.5. The minimum absolute atomic E-state index is 0.00265. The Balaban J connectivity index is 2.56. The summed E-state index contributed by atoms with van der Waals surface area (Å²) in [6.45, 7) is 7.99. The number of nitrogens with zero attached hydrogens (tertiary/aromatic N) is 1. The summed E-state index contributed by atoms with van der Waals surface area (Å²) in [5, 5.41) is 20.3. The molecule has 8 nitrogen and oxygen atoms in total. The number of hydrogen-bond donors (Lipinski definition) is 4. The van der Waals surface area contributed by atoms with E-state index in [1.54, 1.807) is 11.4 Å². The third-order valence-corrected chi connectivity index (χ3v) is 6.24. The smallest absolute Gasteiger partial charge is 0.242 e. The molecular weight excluding hydrogens is 376 g/mol. The lowest BCUT2D eigenvalue weighted by molar-refractivity contribution is -0.121. The monoisotopic (exact) mass is 404 g/mol. The zero-order valence-electron chi connectivity index (χ0n) is 15.6. The number of sulfone groups is 1. The maximum absolute atomic E-state index is 12.1. The summed E-state index contributed by atoms with van der Waals surface area (Å²) in [5.74, 6) is -0.274. The van der Waals surface area contributed by atoms with Gasteiger partial charge in [0, 0.05) is 18.6 Å². The van der Waals surface area contributed by atoms with Gasteiger partial charge in [-0.15, -0.1) is 11.3 Å². The number of carbonyl (C=O) groups excluding carboxylic acids is 1. The van der Waals surface area contributed by atoms with Gasteiger partial charge in [-0.2, -0.15) is 0 Å². The quantitative estimate of drug-likeness (QED) is 0.367. The maximum atomic E-state index is 12.1. The first-order chi connectivity index (χ1) is 12.0. The summed E-state index contributed by atoms with van der Waals surface area (Å²) in [6.07, 6.45) is -1.10. The van der Waals surface area contributed by atoms with Crippen LogP contribution in [0, 0.1) is 0 Å². The molecule has 0 saturated heterocycles. The van der Waals surface area contributed by atoms with Crippen LogP contribution in [0.4, 0.5) is 0 Å². The zero-order chi connectivity index (χ0) is 19.8. The normalized spacial score (nSPS) is 14.0. The molecule has 1 aromatic heterocycles. The van der Waals surface area contributed by atoms with E-state index in [4.69, 9.17) is 0 Å². The van der Waals surface area contributed by atoms with Crippen LogP contribution >= 0.6 is 11.3 Å². The van der Waals surface area contributed by atoms with Crippen LogP contribution in [0.2, 0.25) is 0 Å². The third-order valence-electron chi connectivity index (χ3n) is 2.96. The summed E-state index contributed by atoms with van der Waals surface area (Å²) >= 11 is 1.12. The van der Waals surface area contributed by atoms with Crippen molar-refractivity contribution >= 4 is 33.0 Å². The minimum Gasteiger partial charge on any atom is -0.390 e. The average molecular weight is 405 g/mol. The summed E-state index contributed by atoms with van der Waals surface area (Å²) in [7, 11) is -3.52. The van der Waals surface area contributed by atoms with Gasteiger partial charge >= 0.3 is 0 Å². The standard InChI is InChI=1S/C16H28N4O4S2/c1-5-17-15(19-10-13(22)20-16(2,3)4)18-9-12(21)11-26(23,24)14-7-6-8-25-14/h6-8,12,21H,5,9-11H2,1-4H3,(H,20,22)(H2,17,18,19). The summed E-state index contributed by atoms with van der Waals surface area (Å²) in [4.78, 5) is 16.0. The molecule has 1 amide bonds. The molecule has 0 bridgehead atoms. The number of hydrogen-bond acceptors (Lipinski definition) is 6. The highest BCUT2D eigenvalue weighted by Crippen LogP contribution is 2.17. The van der Waals surface area contributed by atoms with Crippen molar-refractivity contribution in [1.82, 2.24) is 16.0 Å². The van der Waals surface area contributed by atoms with E-state index in [2.05, 4.69) is 20.9 Å². The van der Waals surface area contributed by atoms with Crippen molar-refractivity contribution in [3.05, 3.63) is 17.5 Å². The first-order valence-corrected chi connectivity index (χ1v) is 10.8. The maximum Gasteiger partial charge on any atom is 0.242 e. The highest BCUT2D eigenvalue weighted by molar-refractivity contribution is 7.93. The second-order valence-corrected chi connectivity index (χ2v) is 9.95. The first-order valence-electron chi connectivity index (χ1n) is 8.31. The number of thiophene rings is 1. The molecule has 0 saturated carbocycles. The lowest BCUT2D eigenvalue weighted by atomic mass is 10.1. The molecule has 1 heterocycles.